The van der Waals surface area contributed by atoms with Crippen LogP contribution in [-0.4, -0.2) is 36.9 Å². The molecule has 3 aromatic carbocycles. The third-order valence-electron chi connectivity index (χ3n) is 4.95. The highest BCUT2D eigenvalue weighted by atomic mass is 35.5. The molecule has 0 aliphatic carbocycles. The second-order valence-electron chi connectivity index (χ2n) is 7.17. The van der Waals surface area contributed by atoms with Gasteiger partial charge in [0.05, 0.1) is 19.3 Å². The first-order chi connectivity index (χ1) is 15.5. The van der Waals surface area contributed by atoms with E-state index >= 15 is 0 Å². The highest BCUT2D eigenvalue weighted by molar-refractivity contribution is 6.31. The first-order valence-electron chi connectivity index (χ1n) is 10.3. The predicted molar refractivity (Wildman–Crippen MR) is 128 cm³/mol. The SMILES string of the molecule is CCN(CC(=O)Nc1ccc(C(=O)Nc2ccccc2OC)cc1)Cc1ccccc1Cl. The Bertz CT molecular complexity index is 1070. The van der Waals surface area contributed by atoms with E-state index in [1.54, 1.807) is 43.5 Å². The fourth-order valence-corrected chi connectivity index (χ4v) is 3.39. The maximum Gasteiger partial charge on any atom is 0.255 e. The van der Waals surface area contributed by atoms with Crippen molar-refractivity contribution in [2.45, 2.75) is 13.5 Å². The van der Waals surface area contributed by atoms with Gasteiger partial charge in [0.1, 0.15) is 5.75 Å². The Kier molecular flexibility index (Phi) is 8.25. The monoisotopic (exact) mass is 451 g/mol. The van der Waals surface area contributed by atoms with Crippen molar-refractivity contribution in [3.8, 4) is 5.75 Å². The lowest BCUT2D eigenvalue weighted by atomic mass is 10.2. The molecule has 3 rings (SSSR count). The van der Waals surface area contributed by atoms with Crippen molar-refractivity contribution >= 4 is 34.8 Å². The summed E-state index contributed by atoms with van der Waals surface area (Å²) in [6, 6.07) is 21.6. The van der Waals surface area contributed by atoms with Crippen LogP contribution in [0.1, 0.15) is 22.8 Å². The number of likely N-dealkylation sites (N-methyl/N-ethyl adjacent to an activating group) is 1. The summed E-state index contributed by atoms with van der Waals surface area (Å²) >= 11 is 6.23. The Morgan fingerprint density at radius 3 is 2.31 bits per heavy atom. The molecule has 0 heterocycles. The summed E-state index contributed by atoms with van der Waals surface area (Å²) in [5, 5.41) is 6.39. The molecule has 0 aliphatic heterocycles. The fourth-order valence-electron chi connectivity index (χ4n) is 3.20. The third kappa shape index (κ3) is 6.33. The highest BCUT2D eigenvalue weighted by Gasteiger charge is 2.13. The molecular weight excluding hydrogens is 426 g/mol. The quantitative estimate of drug-likeness (QED) is 0.477. The van der Waals surface area contributed by atoms with Gasteiger partial charge in [-0.15, -0.1) is 0 Å². The zero-order chi connectivity index (χ0) is 22.9. The molecule has 0 radical (unpaired) electrons. The van der Waals surface area contributed by atoms with Crippen molar-refractivity contribution in [3.63, 3.8) is 0 Å². The molecule has 0 saturated carbocycles. The lowest BCUT2D eigenvalue weighted by Gasteiger charge is -2.20. The van der Waals surface area contributed by atoms with E-state index in [0.717, 1.165) is 5.56 Å². The number of para-hydroxylation sites is 2. The van der Waals surface area contributed by atoms with Crippen molar-refractivity contribution in [1.29, 1.82) is 0 Å². The Morgan fingerprint density at radius 2 is 1.62 bits per heavy atom. The average Bonchev–Trinajstić information content (AvgIpc) is 2.80. The van der Waals surface area contributed by atoms with Gasteiger partial charge >= 0.3 is 0 Å². The number of amides is 2. The Morgan fingerprint density at radius 1 is 0.938 bits per heavy atom. The van der Waals surface area contributed by atoms with Crippen LogP contribution >= 0.6 is 11.6 Å². The first kappa shape index (κ1) is 23.3. The van der Waals surface area contributed by atoms with Crippen LogP contribution in [0, 0.1) is 0 Å². The molecule has 0 fully saturated rings. The Labute approximate surface area is 193 Å². The molecule has 3 aromatic rings. The largest absolute Gasteiger partial charge is 0.495 e. The van der Waals surface area contributed by atoms with Crippen LogP contribution in [0.25, 0.3) is 0 Å². The van der Waals surface area contributed by atoms with E-state index in [-0.39, 0.29) is 18.4 Å². The van der Waals surface area contributed by atoms with Crippen molar-refractivity contribution in [1.82, 2.24) is 4.90 Å². The molecule has 0 unspecified atom stereocenters. The smallest absolute Gasteiger partial charge is 0.255 e. The van der Waals surface area contributed by atoms with Gasteiger partial charge in [0.2, 0.25) is 5.91 Å². The van der Waals surface area contributed by atoms with Crippen LogP contribution in [0.3, 0.4) is 0 Å². The zero-order valence-electron chi connectivity index (χ0n) is 18.1. The maximum absolute atomic E-state index is 12.5. The van der Waals surface area contributed by atoms with Gasteiger partial charge in [-0.25, -0.2) is 0 Å². The van der Waals surface area contributed by atoms with Crippen LogP contribution in [0.4, 0.5) is 11.4 Å². The normalized spacial score (nSPS) is 10.6. The summed E-state index contributed by atoms with van der Waals surface area (Å²) < 4.78 is 5.26. The zero-order valence-corrected chi connectivity index (χ0v) is 18.9. The highest BCUT2D eigenvalue weighted by Crippen LogP contribution is 2.24. The maximum atomic E-state index is 12.5. The van der Waals surface area contributed by atoms with E-state index in [0.29, 0.717) is 40.8 Å². The van der Waals surface area contributed by atoms with Crippen LogP contribution < -0.4 is 15.4 Å². The van der Waals surface area contributed by atoms with Gasteiger partial charge in [-0.05, 0) is 54.6 Å². The number of anilines is 2. The molecule has 2 N–H and O–H groups in total. The number of rotatable bonds is 9. The minimum Gasteiger partial charge on any atom is -0.495 e. The lowest BCUT2D eigenvalue weighted by Crippen LogP contribution is -2.32. The molecule has 6 nitrogen and oxygen atoms in total. The number of nitrogens with one attached hydrogen (secondary N) is 2. The number of ether oxygens (including phenoxy) is 1. The van der Waals surface area contributed by atoms with Crippen LogP contribution in [0.2, 0.25) is 5.02 Å². The molecule has 0 bridgehead atoms. The molecule has 0 aliphatic rings. The third-order valence-corrected chi connectivity index (χ3v) is 5.32. The molecule has 166 valence electrons. The van der Waals surface area contributed by atoms with Gasteiger partial charge < -0.3 is 15.4 Å². The second kappa shape index (κ2) is 11.3. The number of nitrogens with zero attached hydrogens (tertiary/aromatic N) is 1. The van der Waals surface area contributed by atoms with Gasteiger partial charge in [-0.3, -0.25) is 14.5 Å². The van der Waals surface area contributed by atoms with Crippen LogP contribution in [0.15, 0.2) is 72.8 Å². The number of carbonyl (C=O) groups excluding carboxylic acids is 2. The first-order valence-corrected chi connectivity index (χ1v) is 10.7. The Hall–Kier alpha value is -3.35. The van der Waals surface area contributed by atoms with E-state index in [4.69, 9.17) is 16.3 Å². The molecular formula is C25H26ClN3O3. The number of carbonyl (C=O) groups is 2. The number of benzene rings is 3. The van der Waals surface area contributed by atoms with Crippen molar-refractivity contribution < 1.29 is 14.3 Å². The standard InChI is InChI=1S/C25H26ClN3O3/c1-3-29(16-19-8-4-5-9-21(19)26)17-24(30)27-20-14-12-18(13-15-20)25(31)28-22-10-6-7-11-23(22)32-2/h4-15H,3,16-17H2,1-2H3,(H,27,30)(H,28,31). The minimum absolute atomic E-state index is 0.134. The van der Waals surface area contributed by atoms with E-state index in [9.17, 15) is 9.59 Å². The molecule has 0 spiro atoms. The molecule has 2 amide bonds. The van der Waals surface area contributed by atoms with Crippen molar-refractivity contribution in [2.24, 2.45) is 0 Å². The second-order valence-corrected chi connectivity index (χ2v) is 7.58. The van der Waals surface area contributed by atoms with Gasteiger partial charge in [0.25, 0.3) is 5.91 Å². The van der Waals surface area contributed by atoms with Gasteiger partial charge in [-0.2, -0.15) is 0 Å². The summed E-state index contributed by atoms with van der Waals surface area (Å²) in [7, 11) is 1.55. The molecule has 7 heteroatoms. The molecule has 0 atom stereocenters. The number of methoxy groups -OCH3 is 1. The molecule has 32 heavy (non-hydrogen) atoms. The number of hydrogen-bond donors (Lipinski definition) is 2. The van der Waals surface area contributed by atoms with E-state index < -0.39 is 0 Å². The summed E-state index contributed by atoms with van der Waals surface area (Å²) in [5.41, 5.74) is 2.67. The van der Waals surface area contributed by atoms with Crippen LogP contribution in [0.5, 0.6) is 5.75 Å². The van der Waals surface area contributed by atoms with Crippen molar-refractivity contribution in [2.75, 3.05) is 30.8 Å². The van der Waals surface area contributed by atoms with Crippen LogP contribution in [-0.2, 0) is 11.3 Å². The minimum atomic E-state index is -0.260. The topological polar surface area (TPSA) is 70.7 Å². The molecule has 0 aromatic heterocycles. The van der Waals surface area contributed by atoms with Gasteiger partial charge in [0.15, 0.2) is 0 Å². The van der Waals surface area contributed by atoms with E-state index in [1.165, 1.54) is 0 Å². The van der Waals surface area contributed by atoms with Gasteiger partial charge in [-0.1, -0.05) is 48.9 Å². The van der Waals surface area contributed by atoms with Gasteiger partial charge in [0, 0.05) is 22.8 Å². The number of hydrogen-bond acceptors (Lipinski definition) is 4. The van der Waals surface area contributed by atoms with E-state index in [2.05, 4.69) is 10.6 Å². The predicted octanol–water partition coefficient (Wildman–Crippen LogP) is 5.06. The fraction of sp³-hybridized carbons (Fsp3) is 0.200. The number of halogens is 1. The average molecular weight is 452 g/mol. The summed E-state index contributed by atoms with van der Waals surface area (Å²) in [4.78, 5) is 27.0. The summed E-state index contributed by atoms with van der Waals surface area (Å²) in [5.74, 6) is 0.191. The van der Waals surface area contributed by atoms with E-state index in [1.807, 2.05) is 48.2 Å². The summed E-state index contributed by atoms with van der Waals surface area (Å²) in [6.45, 7) is 3.53. The Balaban J connectivity index is 1.57. The molecule has 0 saturated heterocycles. The van der Waals surface area contributed by atoms with Crippen molar-refractivity contribution in [3.05, 3.63) is 88.9 Å². The summed E-state index contributed by atoms with van der Waals surface area (Å²) in [6.07, 6.45) is 0. The lowest BCUT2D eigenvalue weighted by molar-refractivity contribution is -0.117.